The van der Waals surface area contributed by atoms with E-state index in [1.165, 1.54) is 0 Å². The summed E-state index contributed by atoms with van der Waals surface area (Å²) in [5.74, 6) is 0. The summed E-state index contributed by atoms with van der Waals surface area (Å²) in [5.41, 5.74) is 0. The van der Waals surface area contributed by atoms with Crippen LogP contribution in [0.2, 0.25) is 0 Å². The zero-order valence-corrected chi connectivity index (χ0v) is 12.9. The molecule has 1 atom stereocenters. The third kappa shape index (κ3) is 17.9. The second-order valence-electron chi connectivity index (χ2n) is 4.54. The van der Waals surface area contributed by atoms with Crippen molar-refractivity contribution in [2.45, 2.75) is 40.3 Å². The molecule has 0 bridgehead atoms. The first kappa shape index (κ1) is 21.2. The van der Waals surface area contributed by atoms with Gasteiger partial charge in [0.1, 0.15) is 0 Å². The molecule has 0 aliphatic carbocycles. The van der Waals surface area contributed by atoms with Crippen molar-refractivity contribution in [1.82, 2.24) is 0 Å². The van der Waals surface area contributed by atoms with Crippen LogP contribution in [0.15, 0.2) is 0 Å². The first-order valence-corrected chi connectivity index (χ1v) is 8.10. The Kier molecular flexibility index (Phi) is 6.86. The number of hydrogen-bond acceptors (Lipinski definition) is 1. The third-order valence-electron chi connectivity index (χ3n) is 2.89. The predicted octanol–water partition coefficient (Wildman–Crippen LogP) is 5.63. The van der Waals surface area contributed by atoms with E-state index in [1.807, 2.05) is 0 Å². The van der Waals surface area contributed by atoms with Gasteiger partial charge in [-0.25, -0.2) is 0 Å². The van der Waals surface area contributed by atoms with E-state index in [4.69, 9.17) is 4.74 Å². The van der Waals surface area contributed by atoms with Crippen LogP contribution in [0, 0.1) is 0 Å². The molecule has 0 aliphatic heterocycles. The van der Waals surface area contributed by atoms with Gasteiger partial charge in [0.15, 0.2) is 6.23 Å². The van der Waals surface area contributed by atoms with E-state index < -0.39 is 7.81 Å². The molecule has 9 heteroatoms. The summed E-state index contributed by atoms with van der Waals surface area (Å²) in [6.45, 7) is 11.9. The van der Waals surface area contributed by atoms with E-state index in [0.29, 0.717) is 6.23 Å². The van der Waals surface area contributed by atoms with Gasteiger partial charge in [0.05, 0.1) is 26.7 Å². The molecular formula is C10H24F6NOP. The van der Waals surface area contributed by atoms with Crippen LogP contribution in [0.3, 0.4) is 0 Å². The molecule has 0 amide bonds. The number of rotatable bonds is 6. The molecule has 0 aromatic carbocycles. The Morgan fingerprint density at radius 2 is 1.26 bits per heavy atom. The number of ether oxygens (including phenoxy) is 1. The molecule has 122 valence electrons. The Hall–Kier alpha value is -0.0700. The molecule has 19 heavy (non-hydrogen) atoms. The van der Waals surface area contributed by atoms with Crippen molar-refractivity contribution in [3.05, 3.63) is 0 Å². The molecule has 0 aromatic heterocycles. The van der Waals surface area contributed by atoms with Gasteiger partial charge in [0.2, 0.25) is 0 Å². The molecule has 0 spiro atoms. The zero-order valence-electron chi connectivity index (χ0n) is 12.0. The van der Waals surface area contributed by atoms with Crippen LogP contribution < -0.4 is 0 Å². The minimum absolute atomic E-state index is 0.333. The van der Waals surface area contributed by atoms with Crippen LogP contribution in [0.5, 0.6) is 0 Å². The number of halogens is 6. The van der Waals surface area contributed by atoms with Crippen LogP contribution in [0.25, 0.3) is 0 Å². The van der Waals surface area contributed by atoms with Crippen molar-refractivity contribution in [2.75, 3.05) is 26.7 Å². The Morgan fingerprint density at radius 3 is 1.47 bits per heavy atom. The summed E-state index contributed by atoms with van der Waals surface area (Å²) in [6.07, 6.45) is 1.44. The molecule has 0 radical (unpaired) electrons. The summed E-state index contributed by atoms with van der Waals surface area (Å²) in [6, 6.07) is 0. The summed E-state index contributed by atoms with van der Waals surface area (Å²) < 4.78 is 65.9. The molecule has 1 unspecified atom stereocenters. The minimum atomic E-state index is -10.7. The fraction of sp³-hybridized carbons (Fsp3) is 1.00. The van der Waals surface area contributed by atoms with Crippen LogP contribution in [0.4, 0.5) is 25.2 Å². The van der Waals surface area contributed by atoms with Crippen LogP contribution >= 0.6 is 7.81 Å². The molecule has 0 saturated heterocycles. The molecule has 0 fully saturated rings. The first-order chi connectivity index (χ1) is 8.05. The van der Waals surface area contributed by atoms with Crippen molar-refractivity contribution < 1.29 is 34.4 Å². The van der Waals surface area contributed by atoms with E-state index in [1.54, 1.807) is 0 Å². The second-order valence-corrected chi connectivity index (χ2v) is 6.46. The Bertz CT molecular complexity index is 249. The van der Waals surface area contributed by atoms with Gasteiger partial charge in [-0.15, -0.1) is 0 Å². The van der Waals surface area contributed by atoms with Gasteiger partial charge in [-0.3, -0.25) is 0 Å². The Morgan fingerprint density at radius 1 is 0.947 bits per heavy atom. The quantitative estimate of drug-likeness (QED) is 0.267. The second kappa shape index (κ2) is 6.14. The van der Waals surface area contributed by atoms with Gasteiger partial charge < -0.3 is 9.22 Å². The van der Waals surface area contributed by atoms with Gasteiger partial charge in [0, 0.05) is 6.92 Å². The average Bonchev–Trinajstić information content (AvgIpc) is 2.20. The zero-order chi connectivity index (χ0) is 16.0. The number of hydrogen-bond donors (Lipinski definition) is 0. The van der Waals surface area contributed by atoms with Crippen molar-refractivity contribution in [2.24, 2.45) is 0 Å². The van der Waals surface area contributed by atoms with E-state index in [0.717, 1.165) is 30.6 Å². The van der Waals surface area contributed by atoms with Gasteiger partial charge in [0.25, 0.3) is 0 Å². The van der Waals surface area contributed by atoms with Crippen molar-refractivity contribution >= 4 is 7.81 Å². The molecule has 0 aliphatic rings. The maximum atomic E-state index is 9.87. The monoisotopic (exact) mass is 319 g/mol. The van der Waals surface area contributed by atoms with E-state index in [9.17, 15) is 25.2 Å². The van der Waals surface area contributed by atoms with E-state index in [-0.39, 0.29) is 0 Å². The molecule has 0 saturated carbocycles. The van der Waals surface area contributed by atoms with Gasteiger partial charge in [-0.2, -0.15) is 0 Å². The van der Waals surface area contributed by atoms with Gasteiger partial charge >= 0.3 is 33.0 Å². The standard InChI is InChI=1S/C10H24NO.F6P/c1-6-9-12-10(4)11(5,7-2)8-3;1-7(2,3,4,5)6/h10H,6-9H2,1-5H3;/q+1;-1. The average molecular weight is 319 g/mol. The SMILES string of the molecule is CCCOC(C)[N+](C)(CC)CC.F[P-](F)(F)(F)(F)F. The van der Waals surface area contributed by atoms with Gasteiger partial charge in [-0.1, -0.05) is 6.92 Å². The van der Waals surface area contributed by atoms with Crippen LogP contribution in [-0.4, -0.2) is 37.5 Å². The predicted molar refractivity (Wildman–Crippen MR) is 66.5 cm³/mol. The molecule has 0 rings (SSSR count). The number of quaternary nitrogens is 1. The van der Waals surface area contributed by atoms with Crippen molar-refractivity contribution in [3.8, 4) is 0 Å². The van der Waals surface area contributed by atoms with Crippen LogP contribution in [-0.2, 0) is 4.74 Å². The fourth-order valence-corrected chi connectivity index (χ4v) is 1.21. The molecular weight excluding hydrogens is 295 g/mol. The van der Waals surface area contributed by atoms with E-state index in [2.05, 4.69) is 34.7 Å². The normalized spacial score (nSPS) is 17.8. The van der Waals surface area contributed by atoms with Crippen molar-refractivity contribution in [3.63, 3.8) is 0 Å². The fourth-order valence-electron chi connectivity index (χ4n) is 1.21. The molecule has 2 nitrogen and oxygen atoms in total. The summed E-state index contributed by atoms with van der Waals surface area (Å²) >= 11 is 0. The third-order valence-corrected chi connectivity index (χ3v) is 2.89. The molecule has 0 N–H and O–H groups in total. The van der Waals surface area contributed by atoms with Crippen LogP contribution in [0.1, 0.15) is 34.1 Å². The van der Waals surface area contributed by atoms with Gasteiger partial charge in [-0.05, 0) is 20.3 Å². The Labute approximate surface area is 110 Å². The Balaban J connectivity index is 0. The summed E-state index contributed by atoms with van der Waals surface area (Å²) in [5, 5.41) is 0. The van der Waals surface area contributed by atoms with E-state index >= 15 is 0 Å². The topological polar surface area (TPSA) is 9.23 Å². The molecule has 0 heterocycles. The number of nitrogens with zero attached hydrogens (tertiary/aromatic N) is 1. The maximum absolute atomic E-state index is 10.7. The summed E-state index contributed by atoms with van der Waals surface area (Å²) in [4.78, 5) is 0. The first-order valence-electron chi connectivity index (χ1n) is 6.08. The molecule has 0 aromatic rings. The van der Waals surface area contributed by atoms with Crippen molar-refractivity contribution in [1.29, 1.82) is 0 Å². The summed E-state index contributed by atoms with van der Waals surface area (Å²) in [7, 11) is -8.41.